The molecule has 1 aliphatic carbocycles. The molecule has 1 unspecified atom stereocenters. The Bertz CT molecular complexity index is 487. The smallest absolute Gasteiger partial charge is 0.133 e. The van der Waals surface area contributed by atoms with Crippen LogP contribution in [0.25, 0.3) is 9.88 Å². The molecule has 0 aliphatic heterocycles. The van der Waals surface area contributed by atoms with Gasteiger partial charge in [0.25, 0.3) is 0 Å². The van der Waals surface area contributed by atoms with Crippen molar-refractivity contribution in [3.05, 3.63) is 28.1 Å². The van der Waals surface area contributed by atoms with E-state index in [1.54, 1.807) is 11.3 Å². The largest absolute Gasteiger partial charge is 0.319 e. The molecule has 0 saturated heterocycles. The van der Waals surface area contributed by atoms with Crippen molar-refractivity contribution in [3.8, 4) is 9.88 Å². The molecule has 0 radical (unpaired) electrons. The molecule has 1 atom stereocenters. The molecule has 0 spiro atoms. The molecule has 2 aromatic heterocycles. The number of rotatable bonds is 3. The summed E-state index contributed by atoms with van der Waals surface area (Å²) >= 11 is 3.68. The second-order valence-electron chi connectivity index (χ2n) is 4.45. The fourth-order valence-corrected chi connectivity index (χ4v) is 4.44. The molecule has 2 nitrogen and oxygen atoms in total. The van der Waals surface area contributed by atoms with Crippen molar-refractivity contribution in [1.82, 2.24) is 10.3 Å². The highest BCUT2D eigenvalue weighted by molar-refractivity contribution is 7.21. The number of hydrogen-bond donors (Lipinski definition) is 1. The van der Waals surface area contributed by atoms with Crippen LogP contribution in [0.3, 0.4) is 0 Å². The van der Waals surface area contributed by atoms with E-state index in [1.807, 2.05) is 18.4 Å². The quantitative estimate of drug-likeness (QED) is 0.917. The van der Waals surface area contributed by atoms with Gasteiger partial charge in [0.2, 0.25) is 0 Å². The van der Waals surface area contributed by atoms with E-state index in [0.29, 0.717) is 5.92 Å². The summed E-state index contributed by atoms with van der Waals surface area (Å²) in [6.45, 7) is 1.06. The Hall–Kier alpha value is -0.710. The lowest BCUT2D eigenvalue weighted by atomic mass is 9.91. The molecule has 0 saturated carbocycles. The van der Waals surface area contributed by atoms with Crippen LogP contribution in [-0.2, 0) is 6.42 Å². The number of aryl methyl sites for hydroxylation is 1. The highest BCUT2D eigenvalue weighted by Gasteiger charge is 2.24. The first-order valence-electron chi connectivity index (χ1n) is 6.06. The zero-order chi connectivity index (χ0) is 11.7. The van der Waals surface area contributed by atoms with Gasteiger partial charge in [0.1, 0.15) is 5.01 Å². The Morgan fingerprint density at radius 2 is 2.47 bits per heavy atom. The topological polar surface area (TPSA) is 24.9 Å². The van der Waals surface area contributed by atoms with Crippen molar-refractivity contribution in [2.45, 2.75) is 25.2 Å². The van der Waals surface area contributed by atoms with Crippen LogP contribution in [0, 0.1) is 0 Å². The molecule has 0 fully saturated rings. The molecule has 1 aliphatic rings. The third kappa shape index (κ3) is 2.17. The van der Waals surface area contributed by atoms with Gasteiger partial charge >= 0.3 is 0 Å². The fraction of sp³-hybridized carbons (Fsp3) is 0.462. The van der Waals surface area contributed by atoms with Gasteiger partial charge in [-0.05, 0) is 37.8 Å². The van der Waals surface area contributed by atoms with Gasteiger partial charge < -0.3 is 5.32 Å². The number of hydrogen-bond acceptors (Lipinski definition) is 4. The van der Waals surface area contributed by atoms with E-state index in [1.165, 1.54) is 39.7 Å². The van der Waals surface area contributed by atoms with Crippen LogP contribution in [0.4, 0.5) is 0 Å². The van der Waals surface area contributed by atoms with E-state index in [4.69, 9.17) is 4.98 Å². The molecule has 0 bridgehead atoms. The number of thiophene rings is 1. The first kappa shape index (κ1) is 11.4. The molecule has 4 heteroatoms. The van der Waals surface area contributed by atoms with E-state index >= 15 is 0 Å². The summed E-state index contributed by atoms with van der Waals surface area (Å²) < 4.78 is 0. The van der Waals surface area contributed by atoms with Crippen molar-refractivity contribution >= 4 is 22.7 Å². The van der Waals surface area contributed by atoms with Crippen molar-refractivity contribution in [3.63, 3.8) is 0 Å². The molecule has 1 N–H and O–H groups in total. The Labute approximate surface area is 110 Å². The number of nitrogens with zero attached hydrogens (tertiary/aromatic N) is 1. The normalized spacial score (nSPS) is 19.2. The number of fused-ring (bicyclic) bond motifs is 1. The van der Waals surface area contributed by atoms with E-state index in [9.17, 15) is 0 Å². The molecule has 3 rings (SSSR count). The minimum Gasteiger partial charge on any atom is -0.319 e. The maximum Gasteiger partial charge on any atom is 0.133 e. The standard InChI is InChI=1S/C13H16N2S2/c1-14-8-9-4-2-5-10-12(9)15-13(17-10)11-6-3-7-16-11/h3,6-7,9,14H,2,4-5,8H2,1H3. The molecular formula is C13H16N2S2. The Morgan fingerprint density at radius 3 is 3.24 bits per heavy atom. The Kier molecular flexibility index (Phi) is 3.27. The first-order valence-corrected chi connectivity index (χ1v) is 7.76. The summed E-state index contributed by atoms with van der Waals surface area (Å²) in [5, 5.41) is 6.63. The summed E-state index contributed by atoms with van der Waals surface area (Å²) in [4.78, 5) is 7.71. The number of nitrogens with one attached hydrogen (secondary N) is 1. The SMILES string of the molecule is CNCC1CCCc2sc(-c3cccs3)nc21. The van der Waals surface area contributed by atoms with E-state index in [0.717, 1.165) is 6.54 Å². The predicted molar refractivity (Wildman–Crippen MR) is 75.0 cm³/mol. The summed E-state index contributed by atoms with van der Waals surface area (Å²) in [6.07, 6.45) is 3.81. The highest BCUT2D eigenvalue weighted by atomic mass is 32.1. The average Bonchev–Trinajstić information content (AvgIpc) is 2.98. The fourth-order valence-electron chi connectivity index (χ4n) is 2.46. The zero-order valence-electron chi connectivity index (χ0n) is 9.90. The van der Waals surface area contributed by atoms with Gasteiger partial charge in [-0.3, -0.25) is 0 Å². The monoisotopic (exact) mass is 264 g/mol. The van der Waals surface area contributed by atoms with Crippen LogP contribution in [0.15, 0.2) is 17.5 Å². The molecule has 0 amide bonds. The second-order valence-corrected chi connectivity index (χ2v) is 6.48. The predicted octanol–water partition coefficient (Wildman–Crippen LogP) is 3.51. The Morgan fingerprint density at radius 1 is 1.53 bits per heavy atom. The molecule has 2 heterocycles. The number of likely N-dealkylation sites (N-methyl/N-ethyl adjacent to an activating group) is 1. The minimum atomic E-state index is 0.619. The number of aromatic nitrogens is 1. The van der Waals surface area contributed by atoms with Crippen LogP contribution in [0.2, 0.25) is 0 Å². The zero-order valence-corrected chi connectivity index (χ0v) is 11.5. The van der Waals surface area contributed by atoms with Crippen LogP contribution >= 0.6 is 22.7 Å². The maximum absolute atomic E-state index is 4.88. The highest BCUT2D eigenvalue weighted by Crippen LogP contribution is 2.38. The lowest BCUT2D eigenvalue weighted by molar-refractivity contribution is 0.523. The van der Waals surface area contributed by atoms with Gasteiger partial charge in [0.15, 0.2) is 0 Å². The third-order valence-electron chi connectivity index (χ3n) is 3.25. The van der Waals surface area contributed by atoms with Crippen molar-refractivity contribution in [2.75, 3.05) is 13.6 Å². The van der Waals surface area contributed by atoms with Crippen molar-refractivity contribution < 1.29 is 0 Å². The van der Waals surface area contributed by atoms with Gasteiger partial charge in [0, 0.05) is 17.3 Å². The first-order chi connectivity index (χ1) is 8.38. The van der Waals surface area contributed by atoms with E-state index in [-0.39, 0.29) is 0 Å². The molecule has 17 heavy (non-hydrogen) atoms. The van der Waals surface area contributed by atoms with Gasteiger partial charge in [0.05, 0.1) is 10.6 Å². The lowest BCUT2D eigenvalue weighted by Gasteiger charge is -2.20. The van der Waals surface area contributed by atoms with Crippen LogP contribution in [-0.4, -0.2) is 18.6 Å². The van der Waals surface area contributed by atoms with Gasteiger partial charge in [-0.25, -0.2) is 4.98 Å². The van der Waals surface area contributed by atoms with Gasteiger partial charge in [-0.2, -0.15) is 0 Å². The summed E-state index contributed by atoms with van der Waals surface area (Å²) in [7, 11) is 2.03. The molecule has 0 aromatic carbocycles. The third-order valence-corrected chi connectivity index (χ3v) is 5.42. The van der Waals surface area contributed by atoms with E-state index in [2.05, 4.69) is 22.8 Å². The van der Waals surface area contributed by atoms with Crippen LogP contribution < -0.4 is 5.32 Å². The van der Waals surface area contributed by atoms with Gasteiger partial charge in [-0.15, -0.1) is 22.7 Å². The van der Waals surface area contributed by atoms with Crippen molar-refractivity contribution in [2.24, 2.45) is 0 Å². The average molecular weight is 264 g/mol. The number of thiazole rings is 1. The maximum atomic E-state index is 4.88. The summed E-state index contributed by atoms with van der Waals surface area (Å²) in [5.74, 6) is 0.619. The van der Waals surface area contributed by atoms with Crippen LogP contribution in [0.5, 0.6) is 0 Å². The summed E-state index contributed by atoms with van der Waals surface area (Å²) in [5.41, 5.74) is 1.36. The molecular weight excluding hydrogens is 248 g/mol. The lowest BCUT2D eigenvalue weighted by Crippen LogP contribution is -2.20. The Balaban J connectivity index is 1.96. The van der Waals surface area contributed by atoms with Gasteiger partial charge in [-0.1, -0.05) is 6.07 Å². The second kappa shape index (κ2) is 4.88. The molecule has 2 aromatic rings. The van der Waals surface area contributed by atoms with Crippen LogP contribution in [0.1, 0.15) is 29.3 Å². The minimum absolute atomic E-state index is 0.619. The molecule has 90 valence electrons. The summed E-state index contributed by atoms with van der Waals surface area (Å²) in [6, 6.07) is 4.27. The van der Waals surface area contributed by atoms with E-state index < -0.39 is 0 Å². The van der Waals surface area contributed by atoms with Crippen molar-refractivity contribution in [1.29, 1.82) is 0 Å².